The SMILES string of the molecule is COC(=O)c1sccc1N=CC1=C(O)C(c2ccccc2)CCC1=O. The van der Waals surface area contributed by atoms with Crippen molar-refractivity contribution in [3.8, 4) is 0 Å². The number of nitrogens with zero attached hydrogens (tertiary/aromatic N) is 1. The fourth-order valence-electron chi connectivity index (χ4n) is 2.81. The van der Waals surface area contributed by atoms with Gasteiger partial charge in [0.1, 0.15) is 10.6 Å². The predicted molar refractivity (Wildman–Crippen MR) is 96.9 cm³/mol. The Morgan fingerprint density at radius 1 is 1.32 bits per heavy atom. The van der Waals surface area contributed by atoms with Crippen LogP contribution in [0.2, 0.25) is 0 Å². The van der Waals surface area contributed by atoms with Crippen molar-refractivity contribution in [2.45, 2.75) is 18.8 Å². The van der Waals surface area contributed by atoms with E-state index in [1.54, 1.807) is 11.4 Å². The number of aliphatic hydroxyl groups excluding tert-OH is 1. The highest BCUT2D eigenvalue weighted by atomic mass is 32.1. The number of Topliss-reactive ketones (excluding diaryl/α,β-unsaturated/α-hetero) is 1. The first-order valence-corrected chi connectivity index (χ1v) is 8.71. The lowest BCUT2D eigenvalue weighted by Crippen LogP contribution is -2.19. The number of carbonyl (C=O) groups is 2. The lowest BCUT2D eigenvalue weighted by atomic mass is 9.83. The molecular formula is C19H17NO4S. The molecule has 2 aromatic rings. The van der Waals surface area contributed by atoms with E-state index < -0.39 is 5.97 Å². The molecule has 25 heavy (non-hydrogen) atoms. The smallest absolute Gasteiger partial charge is 0.350 e. The van der Waals surface area contributed by atoms with Gasteiger partial charge in [0, 0.05) is 18.6 Å². The number of hydrogen-bond donors (Lipinski definition) is 1. The number of methoxy groups -OCH3 is 1. The molecule has 0 saturated carbocycles. The number of benzene rings is 1. The first kappa shape index (κ1) is 17.1. The monoisotopic (exact) mass is 355 g/mol. The summed E-state index contributed by atoms with van der Waals surface area (Å²) in [7, 11) is 1.30. The number of ketones is 1. The second-order valence-electron chi connectivity index (χ2n) is 5.61. The molecule has 1 aliphatic rings. The molecule has 6 heteroatoms. The van der Waals surface area contributed by atoms with Crippen LogP contribution in [0.5, 0.6) is 0 Å². The van der Waals surface area contributed by atoms with E-state index in [0.717, 1.165) is 5.56 Å². The van der Waals surface area contributed by atoms with E-state index in [0.29, 0.717) is 23.4 Å². The van der Waals surface area contributed by atoms with Gasteiger partial charge in [0.15, 0.2) is 5.78 Å². The van der Waals surface area contributed by atoms with Crippen LogP contribution in [0.1, 0.15) is 34.0 Å². The number of thiophene rings is 1. The average Bonchev–Trinajstić information content (AvgIpc) is 3.10. The second kappa shape index (κ2) is 7.44. The van der Waals surface area contributed by atoms with Crippen molar-refractivity contribution in [3.63, 3.8) is 0 Å². The van der Waals surface area contributed by atoms with Crippen molar-refractivity contribution < 1.29 is 19.4 Å². The highest BCUT2D eigenvalue weighted by Gasteiger charge is 2.28. The van der Waals surface area contributed by atoms with E-state index >= 15 is 0 Å². The Hall–Kier alpha value is -2.73. The molecule has 0 fully saturated rings. The summed E-state index contributed by atoms with van der Waals surface area (Å²) >= 11 is 1.22. The first-order valence-electron chi connectivity index (χ1n) is 7.83. The van der Waals surface area contributed by atoms with E-state index in [-0.39, 0.29) is 23.0 Å². The van der Waals surface area contributed by atoms with Crippen molar-refractivity contribution in [3.05, 3.63) is 63.6 Å². The van der Waals surface area contributed by atoms with Gasteiger partial charge in [-0.05, 0) is 23.4 Å². The third-order valence-electron chi connectivity index (χ3n) is 4.12. The minimum absolute atomic E-state index is 0.0287. The Morgan fingerprint density at radius 3 is 2.80 bits per heavy atom. The minimum atomic E-state index is -0.475. The lowest BCUT2D eigenvalue weighted by Gasteiger charge is -2.22. The Balaban J connectivity index is 1.93. The Bertz CT molecular complexity index is 851. The number of rotatable bonds is 4. The summed E-state index contributed by atoms with van der Waals surface area (Å²) in [6.45, 7) is 0. The maximum absolute atomic E-state index is 12.2. The van der Waals surface area contributed by atoms with Crippen LogP contribution in [0.3, 0.4) is 0 Å². The van der Waals surface area contributed by atoms with Gasteiger partial charge in [0.05, 0.1) is 18.4 Å². The van der Waals surface area contributed by atoms with E-state index in [4.69, 9.17) is 4.74 Å². The zero-order valence-corrected chi connectivity index (χ0v) is 14.5. The fraction of sp³-hybridized carbons (Fsp3) is 0.211. The number of carbonyl (C=O) groups excluding carboxylic acids is 2. The van der Waals surface area contributed by atoms with Gasteiger partial charge < -0.3 is 9.84 Å². The topological polar surface area (TPSA) is 76.0 Å². The molecular weight excluding hydrogens is 338 g/mol. The van der Waals surface area contributed by atoms with Crippen LogP contribution in [0.4, 0.5) is 5.69 Å². The normalized spacial score (nSPS) is 18.0. The maximum Gasteiger partial charge on any atom is 0.350 e. The average molecular weight is 355 g/mol. The van der Waals surface area contributed by atoms with Crippen LogP contribution in [-0.4, -0.2) is 30.2 Å². The van der Waals surface area contributed by atoms with E-state index in [1.165, 1.54) is 24.7 Å². The van der Waals surface area contributed by atoms with Gasteiger partial charge in [-0.2, -0.15) is 0 Å². The highest BCUT2D eigenvalue weighted by molar-refractivity contribution is 7.12. The van der Waals surface area contributed by atoms with Crippen LogP contribution in [0, 0.1) is 0 Å². The molecule has 1 heterocycles. The van der Waals surface area contributed by atoms with Crippen LogP contribution < -0.4 is 0 Å². The fourth-order valence-corrected chi connectivity index (χ4v) is 3.56. The van der Waals surface area contributed by atoms with Crippen molar-refractivity contribution >= 4 is 35.0 Å². The summed E-state index contributed by atoms with van der Waals surface area (Å²) in [4.78, 5) is 28.5. The van der Waals surface area contributed by atoms with Gasteiger partial charge in [-0.1, -0.05) is 30.3 Å². The standard InChI is InChI=1S/C19H17NO4S/c1-24-19(23)18-15(9-10-25-18)20-11-14-16(21)8-7-13(17(14)22)12-5-3-2-4-6-12/h2-6,9-11,13,22H,7-8H2,1H3. The molecule has 5 nitrogen and oxygen atoms in total. The van der Waals surface area contributed by atoms with Gasteiger partial charge >= 0.3 is 5.97 Å². The second-order valence-corrected chi connectivity index (χ2v) is 6.52. The molecule has 0 amide bonds. The Kier molecular flexibility index (Phi) is 5.09. The summed E-state index contributed by atoms with van der Waals surface area (Å²) in [5.41, 5.74) is 1.58. The molecule has 1 aliphatic carbocycles. The zero-order chi connectivity index (χ0) is 17.8. The number of aliphatic imine (C=N–C) groups is 1. The maximum atomic E-state index is 12.2. The van der Waals surface area contributed by atoms with E-state index in [1.807, 2.05) is 30.3 Å². The molecule has 0 saturated heterocycles. The molecule has 1 aromatic heterocycles. The molecule has 1 unspecified atom stereocenters. The van der Waals surface area contributed by atoms with Crippen LogP contribution in [-0.2, 0) is 9.53 Å². The molecule has 0 bridgehead atoms. The van der Waals surface area contributed by atoms with Crippen molar-refractivity contribution in [1.29, 1.82) is 0 Å². The largest absolute Gasteiger partial charge is 0.511 e. The van der Waals surface area contributed by atoms with Crippen molar-refractivity contribution in [1.82, 2.24) is 0 Å². The highest BCUT2D eigenvalue weighted by Crippen LogP contribution is 2.34. The Labute approximate surface area is 149 Å². The van der Waals surface area contributed by atoms with Crippen LogP contribution in [0.25, 0.3) is 0 Å². The van der Waals surface area contributed by atoms with Gasteiger partial charge in [-0.15, -0.1) is 11.3 Å². The molecule has 3 rings (SSSR count). The van der Waals surface area contributed by atoms with Gasteiger partial charge in [-0.25, -0.2) is 4.79 Å². The molecule has 128 valence electrons. The van der Waals surface area contributed by atoms with Gasteiger partial charge in [-0.3, -0.25) is 9.79 Å². The van der Waals surface area contributed by atoms with Crippen LogP contribution >= 0.6 is 11.3 Å². The summed E-state index contributed by atoms with van der Waals surface area (Å²) in [6, 6.07) is 11.2. The number of hydrogen-bond acceptors (Lipinski definition) is 6. The molecule has 1 atom stereocenters. The third kappa shape index (κ3) is 3.53. The summed E-state index contributed by atoms with van der Waals surface area (Å²) in [5, 5.41) is 12.3. The minimum Gasteiger partial charge on any atom is -0.511 e. The van der Waals surface area contributed by atoms with E-state index in [9.17, 15) is 14.7 Å². The summed E-state index contributed by atoms with van der Waals surface area (Å²) in [6.07, 6.45) is 2.26. The molecule has 0 radical (unpaired) electrons. The lowest BCUT2D eigenvalue weighted by molar-refractivity contribution is -0.115. The van der Waals surface area contributed by atoms with Gasteiger partial charge in [0.25, 0.3) is 0 Å². The summed E-state index contributed by atoms with van der Waals surface area (Å²) < 4.78 is 4.71. The van der Waals surface area contributed by atoms with Crippen LogP contribution in [0.15, 0.2) is 58.1 Å². The number of aliphatic hydroxyl groups is 1. The number of ether oxygens (including phenoxy) is 1. The Morgan fingerprint density at radius 2 is 2.08 bits per heavy atom. The van der Waals surface area contributed by atoms with Gasteiger partial charge in [0.2, 0.25) is 0 Å². The molecule has 1 N–H and O–H groups in total. The number of esters is 1. The van der Waals surface area contributed by atoms with Crippen molar-refractivity contribution in [2.24, 2.45) is 4.99 Å². The predicted octanol–water partition coefficient (Wildman–Crippen LogP) is 4.20. The molecule has 0 aliphatic heterocycles. The van der Waals surface area contributed by atoms with E-state index in [2.05, 4.69) is 4.99 Å². The van der Waals surface area contributed by atoms with Crippen molar-refractivity contribution in [2.75, 3.05) is 7.11 Å². The number of allylic oxidation sites excluding steroid dienone is 2. The summed E-state index contributed by atoms with van der Waals surface area (Å²) in [5.74, 6) is -0.815. The molecule has 1 aromatic carbocycles. The third-order valence-corrected chi connectivity index (χ3v) is 5.00. The quantitative estimate of drug-likeness (QED) is 0.659. The molecule has 0 spiro atoms. The first-order chi connectivity index (χ1) is 12.1. The zero-order valence-electron chi connectivity index (χ0n) is 13.6.